The fourth-order valence-electron chi connectivity index (χ4n) is 3.59. The third-order valence-electron chi connectivity index (χ3n) is 5.10. The number of benzene rings is 1. The number of likely N-dealkylation sites (N-methyl/N-ethyl adjacent to an activating group) is 1. The number of carbonyl (C=O) groups excluding carboxylic acids is 1. The molecule has 0 bridgehead atoms. The molecule has 1 aliphatic rings. The zero-order valence-corrected chi connectivity index (χ0v) is 16.4. The van der Waals surface area contributed by atoms with E-state index in [-0.39, 0.29) is 0 Å². The van der Waals surface area contributed by atoms with Crippen LogP contribution in [0.25, 0.3) is 22.2 Å². The average Bonchev–Trinajstić information content (AvgIpc) is 3.08. The first-order valence-electron chi connectivity index (χ1n) is 9.30. The number of nitrogens with one attached hydrogen (secondary N) is 1. The standard InChI is InChI=1S/C20H23N5OS/c1-3-24(4-2)9-10-25-16-6-5-14(11-22-13-26)20-18(16)19(23-25)15-7-8-21-12-17(15)27-20/h5-8,12-13H,3-4,9-11H2,1-2H3,(H,22,26). The highest BCUT2D eigenvalue weighted by molar-refractivity contribution is 7.99. The fourth-order valence-corrected chi connectivity index (χ4v) is 4.78. The third-order valence-corrected chi connectivity index (χ3v) is 6.32. The molecule has 1 amide bonds. The molecule has 0 aliphatic carbocycles. The lowest BCUT2D eigenvalue weighted by Crippen LogP contribution is -2.27. The van der Waals surface area contributed by atoms with E-state index in [4.69, 9.17) is 5.10 Å². The van der Waals surface area contributed by atoms with Crippen molar-refractivity contribution in [2.75, 3.05) is 19.6 Å². The summed E-state index contributed by atoms with van der Waals surface area (Å²) in [5.74, 6) is 0. The molecule has 0 atom stereocenters. The van der Waals surface area contributed by atoms with Crippen LogP contribution in [0, 0.1) is 0 Å². The Kier molecular flexibility index (Phi) is 5.13. The summed E-state index contributed by atoms with van der Waals surface area (Å²) in [6, 6.07) is 6.27. The molecule has 1 aliphatic heterocycles. The van der Waals surface area contributed by atoms with Crippen LogP contribution in [0.4, 0.5) is 0 Å². The molecule has 1 N–H and O–H groups in total. The number of hydrogen-bond donors (Lipinski definition) is 1. The van der Waals surface area contributed by atoms with Gasteiger partial charge in [0.1, 0.15) is 5.69 Å². The molecule has 3 heterocycles. The van der Waals surface area contributed by atoms with Gasteiger partial charge < -0.3 is 10.2 Å². The molecule has 0 unspecified atom stereocenters. The van der Waals surface area contributed by atoms with Gasteiger partial charge >= 0.3 is 0 Å². The minimum absolute atomic E-state index is 0.515. The summed E-state index contributed by atoms with van der Waals surface area (Å²) in [7, 11) is 0. The maximum absolute atomic E-state index is 10.8. The quantitative estimate of drug-likeness (QED) is 0.475. The highest BCUT2D eigenvalue weighted by atomic mass is 32.2. The van der Waals surface area contributed by atoms with Crippen molar-refractivity contribution in [3.8, 4) is 11.3 Å². The van der Waals surface area contributed by atoms with Gasteiger partial charge in [0.15, 0.2) is 0 Å². The minimum Gasteiger partial charge on any atom is -0.355 e. The fraction of sp³-hybridized carbons (Fsp3) is 0.350. The zero-order chi connectivity index (χ0) is 18.8. The molecule has 3 aromatic rings. The van der Waals surface area contributed by atoms with E-state index in [0.717, 1.165) is 59.8 Å². The molecule has 140 valence electrons. The van der Waals surface area contributed by atoms with Crippen LogP contribution in [0.5, 0.6) is 0 Å². The van der Waals surface area contributed by atoms with E-state index in [1.54, 1.807) is 11.8 Å². The number of carbonyl (C=O) groups is 1. The summed E-state index contributed by atoms with van der Waals surface area (Å²) in [4.78, 5) is 19.8. The van der Waals surface area contributed by atoms with E-state index in [1.807, 2.05) is 18.5 Å². The average molecular weight is 382 g/mol. The second kappa shape index (κ2) is 7.70. The van der Waals surface area contributed by atoms with E-state index >= 15 is 0 Å². The number of rotatable bonds is 8. The van der Waals surface area contributed by atoms with Crippen molar-refractivity contribution in [2.24, 2.45) is 0 Å². The van der Waals surface area contributed by atoms with Gasteiger partial charge in [-0.2, -0.15) is 5.10 Å². The monoisotopic (exact) mass is 381 g/mol. The Morgan fingerprint density at radius 3 is 2.89 bits per heavy atom. The molecular formula is C20H23N5OS. The normalized spacial score (nSPS) is 12.4. The molecule has 7 heteroatoms. The van der Waals surface area contributed by atoms with Crippen molar-refractivity contribution < 1.29 is 4.79 Å². The molecular weight excluding hydrogens is 358 g/mol. The lowest BCUT2D eigenvalue weighted by atomic mass is 10.1. The summed E-state index contributed by atoms with van der Waals surface area (Å²) in [6.45, 7) is 8.81. The van der Waals surface area contributed by atoms with Crippen molar-refractivity contribution in [2.45, 2.75) is 36.7 Å². The summed E-state index contributed by atoms with van der Waals surface area (Å²) >= 11 is 1.72. The van der Waals surface area contributed by atoms with Crippen LogP contribution in [-0.4, -0.2) is 45.7 Å². The first-order valence-corrected chi connectivity index (χ1v) is 10.1. The van der Waals surface area contributed by atoms with Crippen LogP contribution < -0.4 is 5.32 Å². The van der Waals surface area contributed by atoms with Gasteiger partial charge in [-0.15, -0.1) is 0 Å². The van der Waals surface area contributed by atoms with E-state index in [1.165, 1.54) is 10.3 Å². The second-order valence-electron chi connectivity index (χ2n) is 6.52. The molecule has 0 fully saturated rings. The Morgan fingerprint density at radius 1 is 1.26 bits per heavy atom. The van der Waals surface area contributed by atoms with Crippen LogP contribution in [0.15, 0.2) is 40.4 Å². The zero-order valence-electron chi connectivity index (χ0n) is 15.6. The van der Waals surface area contributed by atoms with Gasteiger partial charge in [0.25, 0.3) is 0 Å². The number of amides is 1. The van der Waals surface area contributed by atoms with Crippen LogP contribution in [-0.2, 0) is 17.9 Å². The van der Waals surface area contributed by atoms with Crippen molar-refractivity contribution in [1.29, 1.82) is 0 Å². The molecule has 0 radical (unpaired) electrons. The number of aromatic nitrogens is 3. The molecule has 6 nitrogen and oxygen atoms in total. The van der Waals surface area contributed by atoms with Crippen LogP contribution in [0.2, 0.25) is 0 Å². The van der Waals surface area contributed by atoms with Crippen molar-refractivity contribution in [3.63, 3.8) is 0 Å². The van der Waals surface area contributed by atoms with Gasteiger partial charge in [-0.1, -0.05) is 31.7 Å². The minimum atomic E-state index is 0.515. The molecule has 0 spiro atoms. The number of pyridine rings is 1. The maximum atomic E-state index is 10.8. The Balaban J connectivity index is 1.83. The molecule has 2 aromatic heterocycles. The SMILES string of the molecule is CCN(CC)CCn1nc2c3c(c(CNC=O)ccc31)Sc1cnccc1-2. The summed E-state index contributed by atoms with van der Waals surface area (Å²) < 4.78 is 2.12. The lowest BCUT2D eigenvalue weighted by Gasteiger charge is -2.18. The van der Waals surface area contributed by atoms with Gasteiger partial charge in [-0.25, -0.2) is 0 Å². The first kappa shape index (κ1) is 18.0. The Morgan fingerprint density at radius 2 is 2.11 bits per heavy atom. The van der Waals surface area contributed by atoms with E-state index in [2.05, 4.69) is 45.9 Å². The summed E-state index contributed by atoms with van der Waals surface area (Å²) in [6.07, 6.45) is 4.46. The highest BCUT2D eigenvalue weighted by Crippen LogP contribution is 2.48. The predicted octanol–water partition coefficient (Wildman–Crippen LogP) is 3.15. The smallest absolute Gasteiger partial charge is 0.207 e. The van der Waals surface area contributed by atoms with Gasteiger partial charge in [-0.05, 0) is 30.8 Å². The van der Waals surface area contributed by atoms with E-state index in [0.29, 0.717) is 6.54 Å². The molecule has 0 saturated carbocycles. The Bertz CT molecular complexity index is 980. The number of hydrogen-bond acceptors (Lipinski definition) is 5. The second-order valence-corrected chi connectivity index (χ2v) is 7.57. The molecule has 4 rings (SSSR count). The molecule has 27 heavy (non-hydrogen) atoms. The number of fused-ring (bicyclic) bond motifs is 2. The Labute approximate surface area is 163 Å². The van der Waals surface area contributed by atoms with Crippen LogP contribution in [0.1, 0.15) is 19.4 Å². The molecule has 1 aromatic carbocycles. The van der Waals surface area contributed by atoms with Gasteiger partial charge in [0, 0.05) is 46.2 Å². The summed E-state index contributed by atoms with van der Waals surface area (Å²) in [5, 5.41) is 8.96. The highest BCUT2D eigenvalue weighted by Gasteiger charge is 2.26. The van der Waals surface area contributed by atoms with Gasteiger partial charge in [0.2, 0.25) is 6.41 Å². The van der Waals surface area contributed by atoms with Crippen LogP contribution >= 0.6 is 11.8 Å². The van der Waals surface area contributed by atoms with Crippen molar-refractivity contribution >= 4 is 29.1 Å². The van der Waals surface area contributed by atoms with Gasteiger partial charge in [-0.3, -0.25) is 14.5 Å². The van der Waals surface area contributed by atoms with Gasteiger partial charge in [0.05, 0.1) is 12.1 Å². The third kappa shape index (κ3) is 3.21. The number of nitrogens with zero attached hydrogens (tertiary/aromatic N) is 4. The summed E-state index contributed by atoms with van der Waals surface area (Å²) in [5.41, 5.74) is 4.41. The largest absolute Gasteiger partial charge is 0.355 e. The van der Waals surface area contributed by atoms with E-state index < -0.39 is 0 Å². The van der Waals surface area contributed by atoms with Crippen molar-refractivity contribution in [3.05, 3.63) is 36.2 Å². The van der Waals surface area contributed by atoms with E-state index in [9.17, 15) is 4.79 Å². The van der Waals surface area contributed by atoms with Crippen LogP contribution in [0.3, 0.4) is 0 Å². The van der Waals surface area contributed by atoms with Crippen molar-refractivity contribution in [1.82, 2.24) is 25.0 Å². The molecule has 0 saturated heterocycles. The topological polar surface area (TPSA) is 63.1 Å². The predicted molar refractivity (Wildman–Crippen MR) is 108 cm³/mol. The lowest BCUT2D eigenvalue weighted by molar-refractivity contribution is -0.109. The maximum Gasteiger partial charge on any atom is 0.207 e. The Hall–Kier alpha value is -2.38. The first-order chi connectivity index (χ1) is 13.3.